The Morgan fingerprint density at radius 1 is 1.12 bits per heavy atom. The topological polar surface area (TPSA) is 29.1 Å². The van der Waals surface area contributed by atoms with Gasteiger partial charge in [0.25, 0.3) is 0 Å². The van der Waals surface area contributed by atoms with Crippen LogP contribution in [0.2, 0.25) is 0 Å². The van der Waals surface area contributed by atoms with E-state index in [0.29, 0.717) is 6.42 Å². The highest BCUT2D eigenvalue weighted by Crippen LogP contribution is 2.29. The van der Waals surface area contributed by atoms with E-state index in [9.17, 15) is 4.79 Å². The molecule has 3 heteroatoms. The lowest BCUT2D eigenvalue weighted by atomic mass is 10.0. The summed E-state index contributed by atoms with van der Waals surface area (Å²) < 4.78 is 0. The van der Waals surface area contributed by atoms with Crippen LogP contribution in [0, 0.1) is 5.92 Å². The molecular weight excluding hydrogens is 222 g/mol. The molecule has 0 aliphatic heterocycles. The summed E-state index contributed by atoms with van der Waals surface area (Å²) in [7, 11) is 0. The molecule has 2 unspecified atom stereocenters. The van der Waals surface area contributed by atoms with E-state index in [1.54, 1.807) is 0 Å². The van der Waals surface area contributed by atoms with Crippen LogP contribution in [0.15, 0.2) is 0 Å². The summed E-state index contributed by atoms with van der Waals surface area (Å²) in [4.78, 5) is 11.7. The third-order valence-electron chi connectivity index (χ3n) is 4.03. The fourth-order valence-electron chi connectivity index (χ4n) is 2.99. The molecule has 2 aliphatic carbocycles. The number of nitrogens with one attached hydrogen (secondary N) is 1. The van der Waals surface area contributed by atoms with Crippen molar-refractivity contribution < 1.29 is 4.79 Å². The predicted molar refractivity (Wildman–Crippen MR) is 66.6 cm³/mol. The summed E-state index contributed by atoms with van der Waals surface area (Å²) in [5.74, 6) is 1.02. The molecule has 0 aromatic rings. The van der Waals surface area contributed by atoms with Crippen molar-refractivity contribution in [3.05, 3.63) is 0 Å². The van der Waals surface area contributed by atoms with E-state index < -0.39 is 0 Å². The number of amides is 1. The highest BCUT2D eigenvalue weighted by molar-refractivity contribution is 6.21. The first kappa shape index (κ1) is 12.2. The van der Waals surface area contributed by atoms with Gasteiger partial charge in [0.15, 0.2) is 0 Å². The van der Waals surface area contributed by atoms with E-state index >= 15 is 0 Å². The monoisotopic (exact) mass is 243 g/mol. The summed E-state index contributed by atoms with van der Waals surface area (Å²) in [5, 5.41) is 3.24. The van der Waals surface area contributed by atoms with Crippen LogP contribution in [0.4, 0.5) is 0 Å². The molecule has 2 saturated carbocycles. The minimum Gasteiger partial charge on any atom is -0.352 e. The van der Waals surface area contributed by atoms with Crippen molar-refractivity contribution in [2.75, 3.05) is 0 Å². The lowest BCUT2D eigenvalue weighted by Crippen LogP contribution is -2.37. The average Bonchev–Trinajstić information content (AvgIpc) is 2.88. The molecular formula is C13H22ClNO. The highest BCUT2D eigenvalue weighted by atomic mass is 35.5. The lowest BCUT2D eigenvalue weighted by Gasteiger charge is -2.16. The molecule has 2 atom stereocenters. The molecule has 1 amide bonds. The van der Waals surface area contributed by atoms with Gasteiger partial charge in [0.1, 0.15) is 0 Å². The Kier molecular flexibility index (Phi) is 4.51. The zero-order chi connectivity index (χ0) is 11.4. The zero-order valence-electron chi connectivity index (χ0n) is 9.88. The van der Waals surface area contributed by atoms with Crippen LogP contribution < -0.4 is 5.32 Å². The highest BCUT2D eigenvalue weighted by Gasteiger charge is 2.26. The zero-order valence-corrected chi connectivity index (χ0v) is 10.6. The van der Waals surface area contributed by atoms with E-state index in [0.717, 1.165) is 31.6 Å². The molecule has 0 heterocycles. The maximum Gasteiger partial charge on any atom is 0.220 e. The van der Waals surface area contributed by atoms with Crippen LogP contribution in [-0.4, -0.2) is 17.3 Å². The van der Waals surface area contributed by atoms with E-state index in [1.807, 2.05) is 0 Å². The second-order valence-electron chi connectivity index (χ2n) is 5.31. The summed E-state index contributed by atoms with van der Waals surface area (Å²) in [6.07, 6.45) is 10.4. The Hall–Kier alpha value is -0.240. The van der Waals surface area contributed by atoms with E-state index in [2.05, 4.69) is 5.32 Å². The molecule has 0 aromatic carbocycles. The fourth-order valence-corrected chi connectivity index (χ4v) is 3.33. The van der Waals surface area contributed by atoms with Crippen molar-refractivity contribution in [2.45, 2.75) is 69.2 Å². The number of hydrogen-bond acceptors (Lipinski definition) is 1. The van der Waals surface area contributed by atoms with Crippen LogP contribution in [0.3, 0.4) is 0 Å². The van der Waals surface area contributed by atoms with Crippen LogP contribution in [0.1, 0.15) is 57.8 Å². The smallest absolute Gasteiger partial charge is 0.220 e. The minimum atomic E-state index is 0.162. The number of alkyl halides is 1. The molecule has 92 valence electrons. The van der Waals surface area contributed by atoms with E-state index in [-0.39, 0.29) is 17.3 Å². The molecule has 2 fully saturated rings. The van der Waals surface area contributed by atoms with Gasteiger partial charge in [-0.25, -0.2) is 0 Å². The number of halogens is 1. The Bertz CT molecular complexity index is 238. The normalized spacial score (nSPS) is 30.8. The van der Waals surface area contributed by atoms with Gasteiger partial charge in [-0.15, -0.1) is 11.6 Å². The van der Waals surface area contributed by atoms with Gasteiger partial charge in [-0.3, -0.25) is 4.79 Å². The summed E-state index contributed by atoms with van der Waals surface area (Å²) in [5.41, 5.74) is 0. The van der Waals surface area contributed by atoms with Gasteiger partial charge < -0.3 is 5.32 Å². The van der Waals surface area contributed by atoms with E-state index in [4.69, 9.17) is 11.6 Å². The molecule has 1 N–H and O–H groups in total. The molecule has 2 aliphatic rings. The largest absolute Gasteiger partial charge is 0.352 e. The fraction of sp³-hybridized carbons (Fsp3) is 0.923. The quantitative estimate of drug-likeness (QED) is 0.755. The van der Waals surface area contributed by atoms with Crippen LogP contribution in [-0.2, 0) is 4.79 Å². The van der Waals surface area contributed by atoms with Crippen LogP contribution >= 0.6 is 11.6 Å². The van der Waals surface area contributed by atoms with Gasteiger partial charge in [0.2, 0.25) is 5.91 Å². The summed E-state index contributed by atoms with van der Waals surface area (Å²) in [6, 6.07) is 0.234. The second kappa shape index (κ2) is 5.90. The predicted octanol–water partition coefficient (Wildman–Crippen LogP) is 3.23. The molecule has 0 saturated heterocycles. The van der Waals surface area contributed by atoms with Gasteiger partial charge in [-0.05, 0) is 31.6 Å². The Morgan fingerprint density at radius 2 is 1.88 bits per heavy atom. The van der Waals surface area contributed by atoms with E-state index in [1.165, 1.54) is 25.7 Å². The molecule has 16 heavy (non-hydrogen) atoms. The first-order valence-corrected chi connectivity index (χ1v) is 7.13. The Balaban J connectivity index is 1.63. The average molecular weight is 244 g/mol. The molecule has 2 rings (SSSR count). The Morgan fingerprint density at radius 3 is 2.50 bits per heavy atom. The van der Waals surface area contributed by atoms with Gasteiger partial charge in [-0.2, -0.15) is 0 Å². The first-order valence-electron chi connectivity index (χ1n) is 6.69. The van der Waals surface area contributed by atoms with Crippen LogP contribution in [0.5, 0.6) is 0 Å². The third kappa shape index (κ3) is 3.38. The van der Waals surface area contributed by atoms with Crippen molar-refractivity contribution in [3.63, 3.8) is 0 Å². The van der Waals surface area contributed by atoms with Crippen molar-refractivity contribution in [1.82, 2.24) is 5.32 Å². The molecule has 0 radical (unpaired) electrons. The molecule has 0 aromatic heterocycles. The molecule has 0 spiro atoms. The number of hydrogen-bond donors (Lipinski definition) is 1. The van der Waals surface area contributed by atoms with Gasteiger partial charge in [0, 0.05) is 12.5 Å². The Labute approximate surface area is 103 Å². The summed E-state index contributed by atoms with van der Waals surface area (Å²) >= 11 is 6.13. The number of rotatable bonds is 4. The second-order valence-corrected chi connectivity index (χ2v) is 5.87. The molecule has 0 bridgehead atoms. The minimum absolute atomic E-state index is 0.162. The maximum absolute atomic E-state index is 11.7. The lowest BCUT2D eigenvalue weighted by molar-refractivity contribution is -0.122. The SMILES string of the molecule is O=C(CCC1CCCC1)NC1CCCC1Cl. The van der Waals surface area contributed by atoms with Crippen molar-refractivity contribution in [2.24, 2.45) is 5.92 Å². The standard InChI is InChI=1S/C13H22ClNO/c14-11-6-3-7-12(11)15-13(16)9-8-10-4-1-2-5-10/h10-12H,1-9H2,(H,15,16). The van der Waals surface area contributed by atoms with Crippen molar-refractivity contribution in [3.8, 4) is 0 Å². The van der Waals surface area contributed by atoms with Crippen molar-refractivity contribution in [1.29, 1.82) is 0 Å². The van der Waals surface area contributed by atoms with Gasteiger partial charge in [0.05, 0.1) is 5.38 Å². The number of carbonyl (C=O) groups is 1. The van der Waals surface area contributed by atoms with Gasteiger partial charge in [-0.1, -0.05) is 25.7 Å². The maximum atomic E-state index is 11.7. The van der Waals surface area contributed by atoms with Gasteiger partial charge >= 0.3 is 0 Å². The van der Waals surface area contributed by atoms with Crippen molar-refractivity contribution >= 4 is 17.5 Å². The van der Waals surface area contributed by atoms with Crippen LogP contribution in [0.25, 0.3) is 0 Å². The summed E-state index contributed by atoms with van der Waals surface area (Å²) in [6.45, 7) is 0. The number of carbonyl (C=O) groups excluding carboxylic acids is 1. The first-order chi connectivity index (χ1) is 7.75. The third-order valence-corrected chi connectivity index (χ3v) is 4.55. The molecule has 2 nitrogen and oxygen atoms in total.